The molecule has 0 radical (unpaired) electrons. The zero-order chi connectivity index (χ0) is 14.9. The summed E-state index contributed by atoms with van der Waals surface area (Å²) in [6, 6.07) is 6.62. The molecule has 2 atom stereocenters. The first kappa shape index (κ1) is 15.9. The average Bonchev–Trinajstić information content (AvgIpc) is 2.47. The van der Waals surface area contributed by atoms with Gasteiger partial charge in [-0.3, -0.25) is 0 Å². The van der Waals surface area contributed by atoms with Crippen LogP contribution in [-0.4, -0.2) is 23.7 Å². The van der Waals surface area contributed by atoms with E-state index in [-0.39, 0.29) is 11.6 Å². The van der Waals surface area contributed by atoms with Crippen molar-refractivity contribution >= 4 is 27.7 Å². The summed E-state index contributed by atoms with van der Waals surface area (Å²) in [5.74, 6) is 2.99. The Morgan fingerprint density at radius 1 is 1.38 bits per heavy atom. The molecule has 2 nitrogen and oxygen atoms in total. The van der Waals surface area contributed by atoms with E-state index in [2.05, 4.69) is 52.8 Å². The number of nitrogens with two attached hydrogens (primary N) is 1. The molecule has 2 saturated heterocycles. The molecular formula is C17H24BrNOS. The summed E-state index contributed by atoms with van der Waals surface area (Å²) in [4.78, 5) is 0. The first-order valence-electron chi connectivity index (χ1n) is 7.83. The molecule has 1 aromatic rings. The van der Waals surface area contributed by atoms with E-state index in [4.69, 9.17) is 10.5 Å². The number of thioether (sulfide) groups is 1. The monoisotopic (exact) mass is 369 g/mol. The van der Waals surface area contributed by atoms with Crippen LogP contribution in [0.5, 0.6) is 0 Å². The summed E-state index contributed by atoms with van der Waals surface area (Å²) in [6.45, 7) is 2.98. The number of hydrogen-bond donors (Lipinski definition) is 1. The van der Waals surface area contributed by atoms with E-state index in [1.165, 1.54) is 35.5 Å². The minimum absolute atomic E-state index is 0.107. The zero-order valence-corrected chi connectivity index (χ0v) is 15.0. The third kappa shape index (κ3) is 3.49. The minimum Gasteiger partial charge on any atom is -0.375 e. The van der Waals surface area contributed by atoms with Gasteiger partial charge in [0.1, 0.15) is 0 Å². The van der Waals surface area contributed by atoms with Gasteiger partial charge in [0, 0.05) is 17.1 Å². The van der Waals surface area contributed by atoms with Crippen LogP contribution in [0.4, 0.5) is 0 Å². The molecule has 1 aromatic carbocycles. The van der Waals surface area contributed by atoms with Gasteiger partial charge in [0.05, 0.1) is 5.60 Å². The van der Waals surface area contributed by atoms with Gasteiger partial charge in [0.2, 0.25) is 0 Å². The highest BCUT2D eigenvalue weighted by Crippen LogP contribution is 2.43. The lowest BCUT2D eigenvalue weighted by atomic mass is 9.77. The maximum atomic E-state index is 6.62. The van der Waals surface area contributed by atoms with Gasteiger partial charge in [0.15, 0.2) is 0 Å². The number of ether oxygens (including phenoxy) is 1. The second-order valence-corrected chi connectivity index (χ2v) is 8.53. The molecular weight excluding hydrogens is 346 g/mol. The molecule has 116 valence electrons. The molecule has 0 saturated carbocycles. The number of benzene rings is 1. The fourth-order valence-corrected chi connectivity index (χ4v) is 5.61. The number of aryl methyl sites for hydroxylation is 1. The van der Waals surface area contributed by atoms with Crippen LogP contribution in [-0.2, 0) is 4.74 Å². The van der Waals surface area contributed by atoms with Gasteiger partial charge < -0.3 is 10.5 Å². The number of halogens is 1. The number of rotatable bonds is 2. The van der Waals surface area contributed by atoms with E-state index in [1.54, 1.807) is 0 Å². The van der Waals surface area contributed by atoms with Gasteiger partial charge in [-0.25, -0.2) is 0 Å². The largest absolute Gasteiger partial charge is 0.375 e. The molecule has 0 aromatic heterocycles. The topological polar surface area (TPSA) is 35.2 Å². The van der Waals surface area contributed by atoms with Crippen LogP contribution in [0.1, 0.15) is 42.9 Å². The maximum Gasteiger partial charge on any atom is 0.0701 e. The second kappa shape index (κ2) is 6.61. The SMILES string of the molecule is Cc1ccc(C(N)C2CCOC3(CCSCC3)C2)c(Br)c1. The van der Waals surface area contributed by atoms with Gasteiger partial charge in [-0.15, -0.1) is 0 Å². The predicted octanol–water partition coefficient (Wildman–Crippen LogP) is 4.45. The molecule has 2 aliphatic rings. The quantitative estimate of drug-likeness (QED) is 0.835. The van der Waals surface area contributed by atoms with Crippen molar-refractivity contribution in [3.63, 3.8) is 0 Å². The molecule has 2 N–H and O–H groups in total. The highest BCUT2D eigenvalue weighted by atomic mass is 79.9. The van der Waals surface area contributed by atoms with Gasteiger partial charge in [-0.1, -0.05) is 28.1 Å². The molecule has 2 fully saturated rings. The molecule has 0 aliphatic carbocycles. The minimum atomic E-state index is 0.107. The first-order valence-corrected chi connectivity index (χ1v) is 9.78. The Morgan fingerprint density at radius 3 is 2.86 bits per heavy atom. The summed E-state index contributed by atoms with van der Waals surface area (Å²) in [5, 5.41) is 0. The Kier molecular flexibility index (Phi) is 4.99. The van der Waals surface area contributed by atoms with E-state index in [0.29, 0.717) is 5.92 Å². The van der Waals surface area contributed by atoms with Crippen molar-refractivity contribution in [2.45, 2.75) is 44.2 Å². The van der Waals surface area contributed by atoms with Crippen LogP contribution in [0.25, 0.3) is 0 Å². The lowest BCUT2D eigenvalue weighted by Gasteiger charge is -2.45. The Morgan fingerprint density at radius 2 is 2.14 bits per heavy atom. The van der Waals surface area contributed by atoms with Crippen LogP contribution >= 0.6 is 27.7 Å². The summed E-state index contributed by atoms with van der Waals surface area (Å²) in [5.41, 5.74) is 9.25. The molecule has 2 unspecified atom stereocenters. The Balaban J connectivity index is 1.76. The smallest absolute Gasteiger partial charge is 0.0701 e. The lowest BCUT2D eigenvalue weighted by Crippen LogP contribution is -2.45. The average molecular weight is 370 g/mol. The lowest BCUT2D eigenvalue weighted by molar-refractivity contribution is -0.105. The Labute approximate surface area is 140 Å². The molecule has 2 aliphatic heterocycles. The van der Waals surface area contributed by atoms with Crippen LogP contribution in [0, 0.1) is 12.8 Å². The molecule has 21 heavy (non-hydrogen) atoms. The van der Waals surface area contributed by atoms with Crippen molar-refractivity contribution in [1.82, 2.24) is 0 Å². The fourth-order valence-electron chi connectivity index (χ4n) is 3.62. The van der Waals surface area contributed by atoms with E-state index >= 15 is 0 Å². The summed E-state index contributed by atoms with van der Waals surface area (Å²) in [6.07, 6.45) is 4.58. The molecule has 1 spiro atoms. The van der Waals surface area contributed by atoms with Gasteiger partial charge in [-0.05, 0) is 67.2 Å². The Hall–Kier alpha value is -0.0300. The predicted molar refractivity (Wildman–Crippen MR) is 93.8 cm³/mol. The van der Waals surface area contributed by atoms with Crippen molar-refractivity contribution in [2.24, 2.45) is 11.7 Å². The van der Waals surface area contributed by atoms with E-state index in [1.807, 2.05) is 0 Å². The highest BCUT2D eigenvalue weighted by molar-refractivity contribution is 9.10. The zero-order valence-electron chi connectivity index (χ0n) is 12.6. The normalized spacial score (nSPS) is 26.7. The van der Waals surface area contributed by atoms with Gasteiger partial charge in [0.25, 0.3) is 0 Å². The van der Waals surface area contributed by atoms with Crippen molar-refractivity contribution < 1.29 is 4.74 Å². The van der Waals surface area contributed by atoms with Crippen molar-refractivity contribution in [3.8, 4) is 0 Å². The molecule has 2 heterocycles. The third-order valence-corrected chi connectivity index (χ3v) is 6.63. The standard InChI is InChI=1S/C17H24BrNOS/c1-12-2-3-14(15(18)10-12)16(19)13-4-7-20-17(11-13)5-8-21-9-6-17/h2-3,10,13,16H,4-9,11,19H2,1H3. The second-order valence-electron chi connectivity index (χ2n) is 6.45. The number of hydrogen-bond acceptors (Lipinski definition) is 3. The fraction of sp³-hybridized carbons (Fsp3) is 0.647. The van der Waals surface area contributed by atoms with Crippen molar-refractivity contribution in [1.29, 1.82) is 0 Å². The summed E-state index contributed by atoms with van der Waals surface area (Å²) >= 11 is 5.74. The summed E-state index contributed by atoms with van der Waals surface area (Å²) < 4.78 is 7.34. The van der Waals surface area contributed by atoms with Crippen LogP contribution in [0.2, 0.25) is 0 Å². The van der Waals surface area contributed by atoms with Crippen LogP contribution in [0.3, 0.4) is 0 Å². The first-order chi connectivity index (χ1) is 10.1. The van der Waals surface area contributed by atoms with E-state index in [0.717, 1.165) is 23.9 Å². The molecule has 0 bridgehead atoms. The van der Waals surface area contributed by atoms with E-state index in [9.17, 15) is 0 Å². The Bertz CT molecular complexity index is 496. The molecule has 3 rings (SSSR count). The van der Waals surface area contributed by atoms with Crippen molar-refractivity contribution in [3.05, 3.63) is 33.8 Å². The maximum absolute atomic E-state index is 6.62. The summed E-state index contributed by atoms with van der Waals surface area (Å²) in [7, 11) is 0. The van der Waals surface area contributed by atoms with Crippen LogP contribution < -0.4 is 5.73 Å². The third-order valence-electron chi connectivity index (χ3n) is 4.96. The molecule has 4 heteroatoms. The highest BCUT2D eigenvalue weighted by Gasteiger charge is 2.40. The van der Waals surface area contributed by atoms with E-state index < -0.39 is 0 Å². The molecule has 0 amide bonds. The van der Waals surface area contributed by atoms with Crippen LogP contribution in [0.15, 0.2) is 22.7 Å². The van der Waals surface area contributed by atoms with Crippen molar-refractivity contribution in [2.75, 3.05) is 18.1 Å². The van der Waals surface area contributed by atoms with Gasteiger partial charge in [-0.2, -0.15) is 11.8 Å². The van der Waals surface area contributed by atoms with Gasteiger partial charge >= 0.3 is 0 Å².